The van der Waals surface area contributed by atoms with Gasteiger partial charge in [0.1, 0.15) is 0 Å². The second kappa shape index (κ2) is 6.22. The standard InChI is InChI=1S/C15H18F4O2/c1-21-12-8-4-6-10(13(12)16)14(20)9-5-2-3-7-11(9)15(17,18)19/h4,6,8-9,11,14,20H,2-3,5,7H2,1H3. The Kier molecular flexibility index (Phi) is 4.76. The zero-order chi connectivity index (χ0) is 15.6. The molecule has 0 saturated heterocycles. The average Bonchev–Trinajstić information content (AvgIpc) is 2.46. The van der Waals surface area contributed by atoms with Crippen LogP contribution < -0.4 is 4.74 Å². The maximum absolute atomic E-state index is 14.1. The summed E-state index contributed by atoms with van der Waals surface area (Å²) in [6.07, 6.45) is -4.54. The van der Waals surface area contributed by atoms with Crippen LogP contribution in [-0.2, 0) is 0 Å². The highest BCUT2D eigenvalue weighted by Crippen LogP contribution is 2.47. The number of methoxy groups -OCH3 is 1. The first kappa shape index (κ1) is 16.1. The van der Waals surface area contributed by atoms with Gasteiger partial charge < -0.3 is 9.84 Å². The molecule has 3 unspecified atom stereocenters. The first-order valence-corrected chi connectivity index (χ1v) is 6.93. The van der Waals surface area contributed by atoms with Crippen molar-refractivity contribution in [3.8, 4) is 5.75 Å². The molecule has 2 nitrogen and oxygen atoms in total. The van der Waals surface area contributed by atoms with E-state index in [0.717, 1.165) is 0 Å². The van der Waals surface area contributed by atoms with Crippen LogP contribution in [0.5, 0.6) is 5.75 Å². The largest absolute Gasteiger partial charge is 0.494 e. The van der Waals surface area contributed by atoms with Crippen molar-refractivity contribution in [2.75, 3.05) is 7.11 Å². The molecule has 21 heavy (non-hydrogen) atoms. The molecule has 0 heterocycles. The number of aliphatic hydroxyl groups excluding tert-OH is 1. The molecule has 2 rings (SSSR count). The Morgan fingerprint density at radius 3 is 2.52 bits per heavy atom. The monoisotopic (exact) mass is 306 g/mol. The van der Waals surface area contributed by atoms with Gasteiger partial charge in [0.05, 0.1) is 19.1 Å². The molecule has 0 amide bonds. The highest BCUT2D eigenvalue weighted by Gasteiger charge is 2.48. The SMILES string of the molecule is COc1cccc(C(O)C2CCCCC2C(F)(F)F)c1F. The van der Waals surface area contributed by atoms with Gasteiger partial charge >= 0.3 is 6.18 Å². The number of alkyl halides is 3. The Labute approximate surface area is 120 Å². The Morgan fingerprint density at radius 2 is 1.90 bits per heavy atom. The summed E-state index contributed by atoms with van der Waals surface area (Å²) in [4.78, 5) is 0. The average molecular weight is 306 g/mol. The van der Waals surface area contributed by atoms with E-state index in [4.69, 9.17) is 4.74 Å². The summed E-state index contributed by atoms with van der Waals surface area (Å²) < 4.78 is 58.2. The molecule has 1 aliphatic carbocycles. The van der Waals surface area contributed by atoms with E-state index < -0.39 is 29.9 Å². The summed E-state index contributed by atoms with van der Waals surface area (Å²) in [5.41, 5.74) is -0.129. The maximum Gasteiger partial charge on any atom is 0.392 e. The molecule has 1 aromatic carbocycles. The second-order valence-electron chi connectivity index (χ2n) is 5.40. The molecule has 1 fully saturated rings. The van der Waals surface area contributed by atoms with Crippen LogP contribution in [0.3, 0.4) is 0 Å². The maximum atomic E-state index is 14.1. The summed E-state index contributed by atoms with van der Waals surface area (Å²) in [5, 5.41) is 10.3. The lowest BCUT2D eigenvalue weighted by atomic mass is 9.74. The van der Waals surface area contributed by atoms with Gasteiger partial charge in [0.25, 0.3) is 0 Å². The molecule has 1 saturated carbocycles. The van der Waals surface area contributed by atoms with Gasteiger partial charge in [-0.25, -0.2) is 4.39 Å². The highest BCUT2D eigenvalue weighted by atomic mass is 19.4. The van der Waals surface area contributed by atoms with Crippen LogP contribution in [0.2, 0.25) is 0 Å². The molecular formula is C15H18F4O2. The first-order chi connectivity index (χ1) is 9.86. The molecule has 1 aliphatic rings. The van der Waals surface area contributed by atoms with Gasteiger partial charge in [-0.1, -0.05) is 25.0 Å². The molecule has 1 N–H and O–H groups in total. The molecule has 6 heteroatoms. The fraction of sp³-hybridized carbons (Fsp3) is 0.600. The third-order valence-corrected chi connectivity index (χ3v) is 4.18. The number of hydrogen-bond donors (Lipinski definition) is 1. The van der Waals surface area contributed by atoms with Crippen molar-refractivity contribution in [2.45, 2.75) is 38.0 Å². The summed E-state index contributed by atoms with van der Waals surface area (Å²) in [6.45, 7) is 0. The fourth-order valence-electron chi connectivity index (χ4n) is 3.09. The number of ether oxygens (including phenoxy) is 1. The normalized spacial score (nSPS) is 24.7. The van der Waals surface area contributed by atoms with E-state index >= 15 is 0 Å². The molecule has 1 aromatic rings. The zero-order valence-corrected chi connectivity index (χ0v) is 11.7. The van der Waals surface area contributed by atoms with Crippen molar-refractivity contribution < 1.29 is 27.4 Å². The second-order valence-corrected chi connectivity index (χ2v) is 5.40. The predicted octanol–water partition coefficient (Wildman–Crippen LogP) is 4.24. The molecule has 0 radical (unpaired) electrons. The van der Waals surface area contributed by atoms with E-state index in [1.807, 2.05) is 0 Å². The topological polar surface area (TPSA) is 29.5 Å². The van der Waals surface area contributed by atoms with E-state index in [-0.39, 0.29) is 24.2 Å². The van der Waals surface area contributed by atoms with Gasteiger partial charge in [-0.2, -0.15) is 13.2 Å². The van der Waals surface area contributed by atoms with E-state index in [1.54, 1.807) is 0 Å². The van der Waals surface area contributed by atoms with E-state index in [9.17, 15) is 22.7 Å². The third-order valence-electron chi connectivity index (χ3n) is 4.18. The van der Waals surface area contributed by atoms with E-state index in [1.165, 1.54) is 25.3 Å². The van der Waals surface area contributed by atoms with Crippen molar-refractivity contribution in [3.05, 3.63) is 29.6 Å². The fourth-order valence-corrected chi connectivity index (χ4v) is 3.09. The van der Waals surface area contributed by atoms with Gasteiger partial charge in [0.15, 0.2) is 11.6 Å². The third kappa shape index (κ3) is 3.31. The summed E-state index contributed by atoms with van der Waals surface area (Å²) in [7, 11) is 1.27. The van der Waals surface area contributed by atoms with E-state index in [0.29, 0.717) is 12.8 Å². The Balaban J connectivity index is 2.31. The van der Waals surface area contributed by atoms with Crippen LogP contribution in [0.1, 0.15) is 37.4 Å². The predicted molar refractivity (Wildman–Crippen MR) is 69.4 cm³/mol. The Morgan fingerprint density at radius 1 is 1.24 bits per heavy atom. The number of hydrogen-bond acceptors (Lipinski definition) is 2. The lowest BCUT2D eigenvalue weighted by molar-refractivity contribution is -0.207. The minimum atomic E-state index is -4.37. The van der Waals surface area contributed by atoms with Crippen LogP contribution in [0.25, 0.3) is 0 Å². The molecule has 0 spiro atoms. The Hall–Kier alpha value is -1.30. The molecule has 3 atom stereocenters. The van der Waals surface area contributed by atoms with Gasteiger partial charge in [0.2, 0.25) is 0 Å². The number of aliphatic hydroxyl groups is 1. The van der Waals surface area contributed by atoms with Crippen molar-refractivity contribution in [3.63, 3.8) is 0 Å². The number of rotatable bonds is 3. The number of benzene rings is 1. The van der Waals surface area contributed by atoms with Crippen LogP contribution in [0.4, 0.5) is 17.6 Å². The van der Waals surface area contributed by atoms with Crippen molar-refractivity contribution >= 4 is 0 Å². The quantitative estimate of drug-likeness (QED) is 0.847. The number of halogens is 4. The molecule has 0 aromatic heterocycles. The molecule has 0 bridgehead atoms. The minimum Gasteiger partial charge on any atom is -0.494 e. The van der Waals surface area contributed by atoms with E-state index in [2.05, 4.69) is 0 Å². The van der Waals surface area contributed by atoms with Gasteiger partial charge in [-0.15, -0.1) is 0 Å². The van der Waals surface area contributed by atoms with Crippen LogP contribution in [0.15, 0.2) is 18.2 Å². The lowest BCUT2D eigenvalue weighted by Gasteiger charge is -2.36. The molecule has 118 valence electrons. The van der Waals surface area contributed by atoms with Gasteiger partial charge in [-0.05, 0) is 18.9 Å². The Bertz CT molecular complexity index is 487. The van der Waals surface area contributed by atoms with Gasteiger partial charge in [-0.3, -0.25) is 0 Å². The van der Waals surface area contributed by atoms with Crippen molar-refractivity contribution in [2.24, 2.45) is 11.8 Å². The van der Waals surface area contributed by atoms with Crippen LogP contribution in [-0.4, -0.2) is 18.4 Å². The van der Waals surface area contributed by atoms with Gasteiger partial charge in [0, 0.05) is 11.5 Å². The smallest absolute Gasteiger partial charge is 0.392 e. The minimum absolute atomic E-state index is 0.0170. The summed E-state index contributed by atoms with van der Waals surface area (Å²) in [5.74, 6) is -3.47. The highest BCUT2D eigenvalue weighted by molar-refractivity contribution is 5.32. The molecule has 0 aliphatic heterocycles. The van der Waals surface area contributed by atoms with Crippen LogP contribution in [0, 0.1) is 17.7 Å². The zero-order valence-electron chi connectivity index (χ0n) is 11.7. The van der Waals surface area contributed by atoms with Crippen molar-refractivity contribution in [1.29, 1.82) is 0 Å². The molecular weight excluding hydrogens is 288 g/mol. The lowest BCUT2D eigenvalue weighted by Crippen LogP contribution is -2.36. The van der Waals surface area contributed by atoms with Crippen molar-refractivity contribution in [1.82, 2.24) is 0 Å². The first-order valence-electron chi connectivity index (χ1n) is 6.93. The summed E-state index contributed by atoms with van der Waals surface area (Å²) in [6, 6.07) is 4.14. The van der Waals surface area contributed by atoms with Crippen LogP contribution >= 0.6 is 0 Å². The summed E-state index contributed by atoms with van der Waals surface area (Å²) >= 11 is 0.